The molecule has 2 aromatic rings. The van der Waals surface area contributed by atoms with E-state index in [1.807, 2.05) is 48.5 Å². The van der Waals surface area contributed by atoms with Gasteiger partial charge >= 0.3 is 11.9 Å². The zero-order valence-corrected chi connectivity index (χ0v) is 19.2. The van der Waals surface area contributed by atoms with Gasteiger partial charge in [0.05, 0.1) is 11.8 Å². The molecule has 2 saturated carbocycles. The Morgan fingerprint density at radius 1 is 0.562 bits per heavy atom. The average Bonchev–Trinajstić information content (AvgIpc) is 2.81. The van der Waals surface area contributed by atoms with Crippen molar-refractivity contribution in [1.82, 2.24) is 0 Å². The molecule has 0 saturated heterocycles. The summed E-state index contributed by atoms with van der Waals surface area (Å²) in [6, 6.07) is 15.2. The first-order valence-corrected chi connectivity index (χ1v) is 12.1. The number of ether oxygens (including phenoxy) is 2. The van der Waals surface area contributed by atoms with Crippen molar-refractivity contribution in [1.29, 1.82) is 0 Å². The number of rotatable bonds is 5. The summed E-state index contributed by atoms with van der Waals surface area (Å²) in [4.78, 5) is 24.8. The van der Waals surface area contributed by atoms with E-state index in [-0.39, 0.29) is 23.8 Å². The topological polar surface area (TPSA) is 52.6 Å². The quantitative estimate of drug-likeness (QED) is 0.383. The Labute approximate surface area is 191 Å². The summed E-state index contributed by atoms with van der Waals surface area (Å²) in [5.74, 6) is 2.44. The Hall–Kier alpha value is -2.62. The van der Waals surface area contributed by atoms with E-state index < -0.39 is 0 Å². The molecule has 0 aromatic heterocycles. The van der Waals surface area contributed by atoms with Gasteiger partial charge in [-0.3, -0.25) is 9.59 Å². The minimum Gasteiger partial charge on any atom is -0.426 e. The van der Waals surface area contributed by atoms with Crippen molar-refractivity contribution in [2.24, 2.45) is 23.7 Å². The molecule has 0 amide bonds. The van der Waals surface area contributed by atoms with E-state index in [9.17, 15) is 9.59 Å². The highest BCUT2D eigenvalue weighted by molar-refractivity contribution is 5.76. The molecule has 170 valence electrons. The monoisotopic (exact) mass is 434 g/mol. The van der Waals surface area contributed by atoms with Gasteiger partial charge in [-0.25, -0.2) is 0 Å². The molecule has 0 heterocycles. The first kappa shape index (κ1) is 22.6. The predicted octanol–water partition coefficient (Wildman–Crippen LogP) is 6.82. The second-order valence-corrected chi connectivity index (χ2v) is 9.80. The summed E-state index contributed by atoms with van der Waals surface area (Å²) in [5, 5.41) is 0. The van der Waals surface area contributed by atoms with Crippen LogP contribution in [0.2, 0.25) is 0 Å². The van der Waals surface area contributed by atoms with Crippen LogP contribution in [0.15, 0.2) is 48.5 Å². The lowest BCUT2D eigenvalue weighted by Gasteiger charge is -2.24. The van der Waals surface area contributed by atoms with Crippen molar-refractivity contribution in [2.75, 3.05) is 0 Å². The Bertz CT molecular complexity index is 822. The predicted molar refractivity (Wildman–Crippen MR) is 125 cm³/mol. The number of benzene rings is 2. The first-order chi connectivity index (χ1) is 15.5. The molecule has 0 atom stereocenters. The molecule has 0 aliphatic heterocycles. The zero-order valence-electron chi connectivity index (χ0n) is 19.2. The van der Waals surface area contributed by atoms with Gasteiger partial charge in [0.15, 0.2) is 0 Å². The second kappa shape index (κ2) is 10.3. The lowest BCUT2D eigenvalue weighted by Crippen LogP contribution is -2.24. The number of esters is 2. The summed E-state index contributed by atoms with van der Waals surface area (Å²) < 4.78 is 11.2. The molecule has 4 rings (SSSR count). The van der Waals surface area contributed by atoms with Crippen LogP contribution in [0.5, 0.6) is 11.5 Å². The highest BCUT2D eigenvalue weighted by atomic mass is 16.5. The van der Waals surface area contributed by atoms with Gasteiger partial charge in [0, 0.05) is 0 Å². The third-order valence-corrected chi connectivity index (χ3v) is 7.18. The molecule has 2 aliphatic carbocycles. The van der Waals surface area contributed by atoms with Gasteiger partial charge < -0.3 is 9.47 Å². The Morgan fingerprint density at radius 2 is 0.875 bits per heavy atom. The Morgan fingerprint density at radius 3 is 1.19 bits per heavy atom. The van der Waals surface area contributed by atoms with Crippen LogP contribution in [0, 0.1) is 23.7 Å². The number of carbonyl (C=O) groups is 2. The van der Waals surface area contributed by atoms with Crippen LogP contribution < -0.4 is 9.47 Å². The van der Waals surface area contributed by atoms with Crippen LogP contribution in [0.4, 0.5) is 0 Å². The normalized spacial score (nSPS) is 25.7. The summed E-state index contributed by atoms with van der Waals surface area (Å²) >= 11 is 0. The number of hydrogen-bond donors (Lipinski definition) is 0. The van der Waals surface area contributed by atoms with Gasteiger partial charge in [-0.2, -0.15) is 0 Å². The van der Waals surface area contributed by atoms with E-state index in [1.54, 1.807) is 0 Å². The summed E-state index contributed by atoms with van der Waals surface area (Å²) in [7, 11) is 0. The van der Waals surface area contributed by atoms with Gasteiger partial charge in [0.1, 0.15) is 11.5 Å². The van der Waals surface area contributed by atoms with E-state index >= 15 is 0 Å². The van der Waals surface area contributed by atoms with Crippen molar-refractivity contribution in [3.05, 3.63) is 48.5 Å². The minimum absolute atomic E-state index is 0.0261. The minimum atomic E-state index is -0.108. The smallest absolute Gasteiger partial charge is 0.314 e. The lowest BCUT2D eigenvalue weighted by molar-refractivity contribution is -0.141. The number of hydrogen-bond acceptors (Lipinski definition) is 4. The van der Waals surface area contributed by atoms with Gasteiger partial charge in [-0.1, -0.05) is 38.1 Å². The standard InChI is InChI=1S/C28H34O4/c1-19-3-7-23(8-4-19)27(29)31-25-15-11-21(12-16-25)22-13-17-26(18-14-22)32-28(30)24-9-5-20(2)6-10-24/h11-20,23-24H,3-10H2,1-2H3/t19-,20-,23-,24-. The van der Waals surface area contributed by atoms with Gasteiger partial charge in [-0.15, -0.1) is 0 Å². The van der Waals surface area contributed by atoms with Gasteiger partial charge in [0.25, 0.3) is 0 Å². The molecule has 0 spiro atoms. The molecule has 32 heavy (non-hydrogen) atoms. The molecule has 0 unspecified atom stereocenters. The highest BCUT2D eigenvalue weighted by Gasteiger charge is 2.27. The molecule has 4 nitrogen and oxygen atoms in total. The molecule has 2 aliphatic rings. The van der Waals surface area contributed by atoms with Crippen LogP contribution in [-0.4, -0.2) is 11.9 Å². The SMILES string of the molecule is C[C@H]1CC[C@H](C(=O)Oc2ccc(-c3ccc(OC(=O)[C@H]4CC[C@H](C)CC4)cc3)cc2)CC1. The summed E-state index contributed by atoms with van der Waals surface area (Å²) in [5.41, 5.74) is 2.05. The van der Waals surface area contributed by atoms with Crippen molar-refractivity contribution in [3.63, 3.8) is 0 Å². The molecular formula is C28H34O4. The average molecular weight is 435 g/mol. The van der Waals surface area contributed by atoms with Crippen LogP contribution in [-0.2, 0) is 9.59 Å². The maximum atomic E-state index is 12.4. The van der Waals surface area contributed by atoms with Crippen LogP contribution in [0.3, 0.4) is 0 Å². The van der Waals surface area contributed by atoms with E-state index in [2.05, 4.69) is 13.8 Å². The third-order valence-electron chi connectivity index (χ3n) is 7.18. The Kier molecular flexibility index (Phi) is 7.29. The van der Waals surface area contributed by atoms with Crippen molar-refractivity contribution < 1.29 is 19.1 Å². The van der Waals surface area contributed by atoms with Crippen LogP contribution in [0.1, 0.15) is 65.2 Å². The maximum Gasteiger partial charge on any atom is 0.314 e. The Balaban J connectivity index is 1.31. The molecule has 0 bridgehead atoms. The second-order valence-electron chi connectivity index (χ2n) is 9.80. The fraction of sp³-hybridized carbons (Fsp3) is 0.500. The summed E-state index contributed by atoms with van der Waals surface area (Å²) in [6.45, 7) is 4.49. The lowest BCUT2D eigenvalue weighted by atomic mass is 9.83. The highest BCUT2D eigenvalue weighted by Crippen LogP contribution is 2.32. The van der Waals surface area contributed by atoms with E-state index in [1.165, 1.54) is 0 Å². The van der Waals surface area contributed by atoms with Crippen molar-refractivity contribution in [2.45, 2.75) is 65.2 Å². The van der Waals surface area contributed by atoms with Crippen molar-refractivity contribution in [3.8, 4) is 22.6 Å². The first-order valence-electron chi connectivity index (χ1n) is 12.1. The molecule has 2 fully saturated rings. The van der Waals surface area contributed by atoms with Crippen LogP contribution >= 0.6 is 0 Å². The van der Waals surface area contributed by atoms with E-state index in [0.717, 1.165) is 62.5 Å². The van der Waals surface area contributed by atoms with Gasteiger partial charge in [0.2, 0.25) is 0 Å². The van der Waals surface area contributed by atoms with Crippen molar-refractivity contribution >= 4 is 11.9 Å². The molecule has 2 aromatic carbocycles. The molecule has 0 N–H and O–H groups in total. The van der Waals surface area contributed by atoms with Gasteiger partial charge in [-0.05, 0) is 98.6 Å². The third kappa shape index (κ3) is 5.79. The fourth-order valence-electron chi connectivity index (χ4n) is 4.82. The van der Waals surface area contributed by atoms with E-state index in [4.69, 9.17) is 9.47 Å². The number of carbonyl (C=O) groups excluding carboxylic acids is 2. The molecule has 4 heteroatoms. The van der Waals surface area contributed by atoms with Crippen LogP contribution in [0.25, 0.3) is 11.1 Å². The fourth-order valence-corrected chi connectivity index (χ4v) is 4.82. The largest absolute Gasteiger partial charge is 0.426 e. The molecule has 0 radical (unpaired) electrons. The van der Waals surface area contributed by atoms with E-state index in [0.29, 0.717) is 23.3 Å². The molecular weight excluding hydrogens is 400 g/mol. The zero-order chi connectivity index (χ0) is 22.5. The maximum absolute atomic E-state index is 12.4. The summed E-state index contributed by atoms with van der Waals surface area (Å²) in [6.07, 6.45) is 8.11.